The molecule has 1 atom stereocenters. The van der Waals surface area contributed by atoms with Crippen molar-refractivity contribution in [2.75, 3.05) is 6.54 Å². The lowest BCUT2D eigenvalue weighted by molar-refractivity contribution is -0.127. The average molecular weight is 277 g/mol. The van der Waals surface area contributed by atoms with E-state index in [4.69, 9.17) is 4.74 Å². The van der Waals surface area contributed by atoms with Gasteiger partial charge in [0.1, 0.15) is 5.75 Å². The minimum absolute atomic E-state index is 0.161. The normalized spacial score (nSPS) is 12.1. The maximum atomic E-state index is 11.9. The first-order valence-corrected chi connectivity index (χ1v) is 6.94. The molecule has 1 aromatic rings. The van der Waals surface area contributed by atoms with Gasteiger partial charge in [-0.05, 0) is 37.8 Å². The number of ether oxygens (including phenoxy) is 1. The molecule has 1 N–H and O–H groups in total. The molecule has 0 saturated heterocycles. The number of aldehydes is 1. The molecular weight excluding hydrogens is 254 g/mol. The summed E-state index contributed by atoms with van der Waals surface area (Å²) < 4.78 is 5.64. The molecule has 0 aliphatic heterocycles. The van der Waals surface area contributed by atoms with Crippen molar-refractivity contribution < 1.29 is 14.3 Å². The minimum atomic E-state index is -0.623. The number of rotatable bonds is 7. The predicted octanol–water partition coefficient (Wildman–Crippen LogP) is 2.74. The number of carbonyl (C=O) groups is 2. The summed E-state index contributed by atoms with van der Waals surface area (Å²) in [5, 5.41) is 2.84. The van der Waals surface area contributed by atoms with Gasteiger partial charge in [-0.25, -0.2) is 0 Å². The van der Waals surface area contributed by atoms with Crippen LogP contribution in [0, 0.1) is 12.8 Å². The fourth-order valence-corrected chi connectivity index (χ4v) is 1.79. The van der Waals surface area contributed by atoms with Crippen LogP contribution in [0.15, 0.2) is 18.2 Å². The van der Waals surface area contributed by atoms with Crippen LogP contribution in [0.3, 0.4) is 0 Å². The molecule has 1 aromatic carbocycles. The Balaban J connectivity index is 2.64. The Morgan fingerprint density at radius 2 is 2.05 bits per heavy atom. The van der Waals surface area contributed by atoms with Crippen molar-refractivity contribution in [1.82, 2.24) is 5.32 Å². The molecule has 0 saturated carbocycles. The largest absolute Gasteiger partial charge is 0.480 e. The summed E-state index contributed by atoms with van der Waals surface area (Å²) in [6.45, 7) is 8.39. The van der Waals surface area contributed by atoms with Gasteiger partial charge in [0.05, 0.1) is 5.56 Å². The molecule has 4 heteroatoms. The molecule has 20 heavy (non-hydrogen) atoms. The highest BCUT2D eigenvalue weighted by Crippen LogP contribution is 2.23. The van der Waals surface area contributed by atoms with E-state index < -0.39 is 6.10 Å². The number of nitrogens with one attached hydrogen (secondary N) is 1. The van der Waals surface area contributed by atoms with Gasteiger partial charge < -0.3 is 10.1 Å². The molecule has 0 aromatic heterocycles. The first kappa shape index (κ1) is 16.2. The van der Waals surface area contributed by atoms with E-state index in [1.807, 2.05) is 13.0 Å². The number of aryl methyl sites for hydroxylation is 1. The van der Waals surface area contributed by atoms with Crippen molar-refractivity contribution in [2.45, 2.75) is 40.2 Å². The molecule has 1 unspecified atom stereocenters. The highest BCUT2D eigenvalue weighted by atomic mass is 16.5. The zero-order chi connectivity index (χ0) is 15.1. The van der Waals surface area contributed by atoms with Crippen molar-refractivity contribution in [3.05, 3.63) is 29.3 Å². The zero-order valence-electron chi connectivity index (χ0n) is 12.6. The van der Waals surface area contributed by atoms with Gasteiger partial charge in [-0.15, -0.1) is 0 Å². The maximum absolute atomic E-state index is 11.9. The molecule has 0 radical (unpaired) electrons. The van der Waals surface area contributed by atoms with Crippen LogP contribution in [0.2, 0.25) is 0 Å². The van der Waals surface area contributed by atoms with E-state index in [0.717, 1.165) is 18.3 Å². The van der Waals surface area contributed by atoms with Crippen molar-refractivity contribution >= 4 is 12.2 Å². The SMILES string of the molecule is Cc1cccc(C=O)c1OC(C)C(=O)NCCC(C)C. The molecule has 4 nitrogen and oxygen atoms in total. The van der Waals surface area contributed by atoms with Crippen molar-refractivity contribution in [3.8, 4) is 5.75 Å². The molecule has 0 spiro atoms. The third kappa shape index (κ3) is 4.68. The average Bonchev–Trinajstić information content (AvgIpc) is 2.40. The summed E-state index contributed by atoms with van der Waals surface area (Å²) in [5.74, 6) is 0.865. The van der Waals surface area contributed by atoms with E-state index in [2.05, 4.69) is 19.2 Å². The van der Waals surface area contributed by atoms with Gasteiger partial charge in [0.2, 0.25) is 0 Å². The Morgan fingerprint density at radius 3 is 2.65 bits per heavy atom. The summed E-state index contributed by atoms with van der Waals surface area (Å²) in [6, 6.07) is 5.32. The molecule has 0 aliphatic carbocycles. The Kier molecular flexibility index (Phi) is 6.22. The summed E-state index contributed by atoms with van der Waals surface area (Å²) in [4.78, 5) is 22.9. The number of amides is 1. The van der Waals surface area contributed by atoms with Gasteiger partial charge >= 0.3 is 0 Å². The Hall–Kier alpha value is -1.84. The van der Waals surface area contributed by atoms with Crippen LogP contribution >= 0.6 is 0 Å². The van der Waals surface area contributed by atoms with E-state index in [0.29, 0.717) is 23.8 Å². The molecular formula is C16H23NO3. The minimum Gasteiger partial charge on any atom is -0.480 e. The van der Waals surface area contributed by atoms with Gasteiger partial charge in [-0.3, -0.25) is 9.59 Å². The van der Waals surface area contributed by atoms with Crippen LogP contribution in [0.25, 0.3) is 0 Å². The third-order valence-corrected chi connectivity index (χ3v) is 3.05. The second-order valence-corrected chi connectivity index (χ2v) is 5.34. The van der Waals surface area contributed by atoms with Crippen LogP contribution in [0.5, 0.6) is 5.75 Å². The van der Waals surface area contributed by atoms with Crippen molar-refractivity contribution in [2.24, 2.45) is 5.92 Å². The Morgan fingerprint density at radius 1 is 1.35 bits per heavy atom. The van der Waals surface area contributed by atoms with Crippen LogP contribution in [-0.2, 0) is 4.79 Å². The van der Waals surface area contributed by atoms with E-state index in [1.54, 1.807) is 19.1 Å². The molecule has 1 amide bonds. The number of hydrogen-bond acceptors (Lipinski definition) is 3. The fraction of sp³-hybridized carbons (Fsp3) is 0.500. The van der Waals surface area contributed by atoms with Crippen molar-refractivity contribution in [3.63, 3.8) is 0 Å². The van der Waals surface area contributed by atoms with E-state index in [1.165, 1.54) is 0 Å². The van der Waals surface area contributed by atoms with E-state index in [9.17, 15) is 9.59 Å². The smallest absolute Gasteiger partial charge is 0.260 e. The monoisotopic (exact) mass is 277 g/mol. The lowest BCUT2D eigenvalue weighted by Gasteiger charge is -2.17. The number of para-hydroxylation sites is 1. The van der Waals surface area contributed by atoms with Crippen LogP contribution in [0.1, 0.15) is 43.1 Å². The number of hydrogen-bond donors (Lipinski definition) is 1. The molecule has 0 aliphatic rings. The Bertz CT molecular complexity index is 469. The highest BCUT2D eigenvalue weighted by Gasteiger charge is 2.17. The maximum Gasteiger partial charge on any atom is 0.260 e. The number of benzene rings is 1. The lowest BCUT2D eigenvalue weighted by atomic mass is 10.1. The van der Waals surface area contributed by atoms with Crippen LogP contribution in [0.4, 0.5) is 0 Å². The number of carbonyl (C=O) groups excluding carboxylic acids is 2. The summed E-state index contributed by atoms with van der Waals surface area (Å²) in [7, 11) is 0. The van der Waals surface area contributed by atoms with E-state index in [-0.39, 0.29) is 5.91 Å². The summed E-state index contributed by atoms with van der Waals surface area (Å²) in [6.07, 6.45) is 1.05. The van der Waals surface area contributed by atoms with Gasteiger partial charge in [0.25, 0.3) is 5.91 Å². The second kappa shape index (κ2) is 7.68. The molecule has 0 heterocycles. The molecule has 0 bridgehead atoms. The topological polar surface area (TPSA) is 55.4 Å². The van der Waals surface area contributed by atoms with Gasteiger partial charge in [-0.1, -0.05) is 26.0 Å². The van der Waals surface area contributed by atoms with Gasteiger partial charge in [-0.2, -0.15) is 0 Å². The third-order valence-electron chi connectivity index (χ3n) is 3.05. The lowest BCUT2D eigenvalue weighted by Crippen LogP contribution is -2.37. The van der Waals surface area contributed by atoms with Crippen molar-refractivity contribution in [1.29, 1.82) is 0 Å². The van der Waals surface area contributed by atoms with Crippen LogP contribution in [-0.4, -0.2) is 24.8 Å². The fourth-order valence-electron chi connectivity index (χ4n) is 1.79. The quantitative estimate of drug-likeness (QED) is 0.780. The van der Waals surface area contributed by atoms with E-state index >= 15 is 0 Å². The Labute approximate surface area is 120 Å². The van der Waals surface area contributed by atoms with Crippen LogP contribution < -0.4 is 10.1 Å². The molecule has 110 valence electrons. The van der Waals surface area contributed by atoms with Gasteiger partial charge in [0.15, 0.2) is 12.4 Å². The molecule has 0 fully saturated rings. The summed E-state index contributed by atoms with van der Waals surface area (Å²) >= 11 is 0. The zero-order valence-corrected chi connectivity index (χ0v) is 12.6. The van der Waals surface area contributed by atoms with Gasteiger partial charge in [0, 0.05) is 6.54 Å². The first-order chi connectivity index (χ1) is 9.45. The highest BCUT2D eigenvalue weighted by molar-refractivity contribution is 5.83. The molecule has 1 rings (SSSR count). The first-order valence-electron chi connectivity index (χ1n) is 6.94. The predicted molar refractivity (Wildman–Crippen MR) is 79.1 cm³/mol. The summed E-state index contributed by atoms with van der Waals surface area (Å²) in [5.41, 5.74) is 1.31. The standard InChI is InChI=1S/C16H23NO3/c1-11(2)8-9-17-16(19)13(4)20-15-12(3)6-5-7-14(15)10-18/h5-7,10-11,13H,8-9H2,1-4H3,(H,17,19). The second-order valence-electron chi connectivity index (χ2n) is 5.34.